The predicted molar refractivity (Wildman–Crippen MR) is 83.0 cm³/mol. The maximum atomic E-state index is 12.6. The van der Waals surface area contributed by atoms with E-state index in [4.69, 9.17) is 0 Å². The smallest absolute Gasteiger partial charge is 0.237 e. The van der Waals surface area contributed by atoms with Crippen LogP contribution < -0.4 is 10.6 Å². The van der Waals surface area contributed by atoms with Crippen molar-refractivity contribution in [3.8, 4) is 0 Å². The molecular formula is C18H24N2O. The zero-order valence-electron chi connectivity index (χ0n) is 12.5. The third-order valence-electron chi connectivity index (χ3n) is 5.72. The van der Waals surface area contributed by atoms with Gasteiger partial charge in [0.05, 0.1) is 6.04 Å². The van der Waals surface area contributed by atoms with Gasteiger partial charge in [0.25, 0.3) is 0 Å². The minimum Gasteiger partial charge on any atom is -0.352 e. The van der Waals surface area contributed by atoms with Crippen LogP contribution in [0.2, 0.25) is 0 Å². The summed E-state index contributed by atoms with van der Waals surface area (Å²) in [6.07, 6.45) is 6.98. The van der Waals surface area contributed by atoms with Crippen molar-refractivity contribution >= 4 is 5.91 Å². The van der Waals surface area contributed by atoms with Crippen LogP contribution in [0.5, 0.6) is 0 Å². The fraction of sp³-hybridized carbons (Fsp3) is 0.611. The number of carbonyl (C=O) groups excluding carboxylic acids is 1. The largest absolute Gasteiger partial charge is 0.352 e. The molecular weight excluding hydrogens is 260 g/mol. The normalized spacial score (nSPS) is 34.3. The Morgan fingerprint density at radius 3 is 2.90 bits per heavy atom. The van der Waals surface area contributed by atoms with Crippen LogP contribution in [0, 0.1) is 11.8 Å². The van der Waals surface area contributed by atoms with Gasteiger partial charge in [0.15, 0.2) is 0 Å². The van der Waals surface area contributed by atoms with E-state index in [0.29, 0.717) is 12.0 Å². The van der Waals surface area contributed by atoms with E-state index in [1.54, 1.807) is 0 Å². The molecule has 0 bridgehead atoms. The first-order valence-corrected chi connectivity index (χ1v) is 8.42. The van der Waals surface area contributed by atoms with Crippen molar-refractivity contribution < 1.29 is 4.79 Å². The average molecular weight is 284 g/mol. The number of rotatable bonds is 2. The van der Waals surface area contributed by atoms with Crippen LogP contribution >= 0.6 is 0 Å². The summed E-state index contributed by atoms with van der Waals surface area (Å²) >= 11 is 0. The molecule has 1 saturated carbocycles. The lowest BCUT2D eigenvalue weighted by Gasteiger charge is -2.27. The van der Waals surface area contributed by atoms with E-state index in [1.165, 1.54) is 30.4 Å². The summed E-state index contributed by atoms with van der Waals surface area (Å²) in [5.41, 5.74) is 2.87. The van der Waals surface area contributed by atoms with Crippen molar-refractivity contribution in [3.05, 3.63) is 35.4 Å². The Bertz CT molecular complexity index is 542. The molecule has 2 aliphatic carbocycles. The molecule has 0 spiro atoms. The quantitative estimate of drug-likeness (QED) is 0.872. The Hall–Kier alpha value is -1.35. The highest BCUT2D eigenvalue weighted by atomic mass is 16.2. The summed E-state index contributed by atoms with van der Waals surface area (Å²) in [5.74, 6) is 1.57. The van der Waals surface area contributed by atoms with Gasteiger partial charge in [-0.25, -0.2) is 0 Å². The van der Waals surface area contributed by atoms with Crippen molar-refractivity contribution in [1.29, 1.82) is 0 Å². The Morgan fingerprint density at radius 1 is 1.14 bits per heavy atom. The molecule has 4 atom stereocenters. The molecule has 1 aliphatic heterocycles. The maximum Gasteiger partial charge on any atom is 0.237 e. The summed E-state index contributed by atoms with van der Waals surface area (Å²) in [4.78, 5) is 12.6. The topological polar surface area (TPSA) is 41.1 Å². The molecule has 21 heavy (non-hydrogen) atoms. The summed E-state index contributed by atoms with van der Waals surface area (Å²) in [5, 5.41) is 6.77. The third kappa shape index (κ3) is 2.48. The number of hydrogen-bond acceptors (Lipinski definition) is 2. The second-order valence-corrected chi connectivity index (χ2v) is 6.96. The van der Waals surface area contributed by atoms with E-state index < -0.39 is 0 Å². The average Bonchev–Trinajstić information content (AvgIpc) is 3.09. The summed E-state index contributed by atoms with van der Waals surface area (Å²) in [6.45, 7) is 1.04. The summed E-state index contributed by atoms with van der Waals surface area (Å²) in [6, 6.07) is 9.01. The molecule has 1 saturated heterocycles. The number of nitrogens with one attached hydrogen (secondary N) is 2. The monoisotopic (exact) mass is 284 g/mol. The highest BCUT2D eigenvalue weighted by Crippen LogP contribution is 2.37. The second-order valence-electron chi connectivity index (χ2n) is 6.96. The Labute approximate surface area is 126 Å². The molecule has 3 nitrogen and oxygen atoms in total. The standard InChI is InChI=1S/C18H24N2O/c21-18(17-16-7-3-6-14(16)11-19-17)20-15-9-8-12-4-1-2-5-13(12)10-15/h1-2,4-5,14-17,19H,3,6-11H2,(H,20,21). The molecule has 0 aromatic heterocycles. The zero-order valence-corrected chi connectivity index (χ0v) is 12.5. The predicted octanol–water partition coefficient (Wildman–Crippen LogP) is 2.05. The molecule has 0 radical (unpaired) electrons. The van der Waals surface area contributed by atoms with Crippen LogP contribution in [0.15, 0.2) is 24.3 Å². The minimum atomic E-state index is 0.0645. The van der Waals surface area contributed by atoms with E-state index >= 15 is 0 Å². The van der Waals surface area contributed by atoms with Crippen molar-refractivity contribution in [1.82, 2.24) is 10.6 Å². The fourth-order valence-electron chi connectivity index (χ4n) is 4.59. The maximum absolute atomic E-state index is 12.6. The first-order chi connectivity index (χ1) is 10.3. The minimum absolute atomic E-state index is 0.0645. The van der Waals surface area contributed by atoms with Crippen molar-refractivity contribution in [2.24, 2.45) is 11.8 Å². The van der Waals surface area contributed by atoms with Gasteiger partial charge in [0.1, 0.15) is 0 Å². The van der Waals surface area contributed by atoms with Gasteiger partial charge in [-0.3, -0.25) is 4.79 Å². The number of benzene rings is 1. The van der Waals surface area contributed by atoms with E-state index in [2.05, 4.69) is 34.9 Å². The van der Waals surface area contributed by atoms with Crippen LogP contribution in [0.3, 0.4) is 0 Å². The number of carbonyl (C=O) groups is 1. The van der Waals surface area contributed by atoms with Crippen molar-refractivity contribution in [2.45, 2.75) is 50.6 Å². The lowest BCUT2D eigenvalue weighted by atomic mass is 9.87. The Morgan fingerprint density at radius 2 is 2.00 bits per heavy atom. The third-order valence-corrected chi connectivity index (χ3v) is 5.72. The number of aryl methyl sites for hydroxylation is 1. The molecule has 4 unspecified atom stereocenters. The molecule has 1 aromatic rings. The van der Waals surface area contributed by atoms with Gasteiger partial charge < -0.3 is 10.6 Å². The van der Waals surface area contributed by atoms with E-state index in [-0.39, 0.29) is 11.9 Å². The summed E-state index contributed by atoms with van der Waals surface area (Å²) in [7, 11) is 0. The van der Waals surface area contributed by atoms with Gasteiger partial charge in [-0.2, -0.15) is 0 Å². The summed E-state index contributed by atoms with van der Waals surface area (Å²) < 4.78 is 0. The molecule has 4 rings (SSSR count). The molecule has 112 valence electrons. The van der Waals surface area contributed by atoms with E-state index in [9.17, 15) is 4.79 Å². The lowest BCUT2D eigenvalue weighted by molar-refractivity contribution is -0.124. The highest BCUT2D eigenvalue weighted by molar-refractivity contribution is 5.83. The molecule has 3 aliphatic rings. The van der Waals surface area contributed by atoms with Gasteiger partial charge in [-0.15, -0.1) is 0 Å². The molecule has 2 N–H and O–H groups in total. The molecule has 2 fully saturated rings. The van der Waals surface area contributed by atoms with Gasteiger partial charge in [-0.05, 0) is 61.6 Å². The Balaban J connectivity index is 1.39. The van der Waals surface area contributed by atoms with Crippen LogP contribution in [-0.4, -0.2) is 24.5 Å². The molecule has 3 heteroatoms. The lowest BCUT2D eigenvalue weighted by Crippen LogP contribution is -2.49. The molecule has 1 amide bonds. The van der Waals surface area contributed by atoms with Crippen LogP contribution in [0.25, 0.3) is 0 Å². The zero-order chi connectivity index (χ0) is 14.2. The number of amides is 1. The Kier molecular flexibility index (Phi) is 3.46. The van der Waals surface area contributed by atoms with E-state index in [0.717, 1.165) is 31.7 Å². The van der Waals surface area contributed by atoms with Crippen molar-refractivity contribution in [3.63, 3.8) is 0 Å². The highest BCUT2D eigenvalue weighted by Gasteiger charge is 2.42. The molecule has 1 aromatic carbocycles. The first-order valence-electron chi connectivity index (χ1n) is 8.42. The van der Waals surface area contributed by atoms with Crippen LogP contribution in [0.1, 0.15) is 36.8 Å². The SMILES string of the molecule is O=C(NC1CCc2ccccc2C1)C1NCC2CCCC21. The molecule has 1 heterocycles. The second kappa shape index (κ2) is 5.45. The first kappa shape index (κ1) is 13.3. The van der Waals surface area contributed by atoms with Crippen LogP contribution in [-0.2, 0) is 17.6 Å². The van der Waals surface area contributed by atoms with Gasteiger partial charge >= 0.3 is 0 Å². The van der Waals surface area contributed by atoms with E-state index in [1.807, 2.05) is 0 Å². The van der Waals surface area contributed by atoms with Crippen molar-refractivity contribution in [2.75, 3.05) is 6.54 Å². The van der Waals surface area contributed by atoms with Crippen LogP contribution in [0.4, 0.5) is 0 Å². The fourth-order valence-corrected chi connectivity index (χ4v) is 4.59. The number of hydrogen-bond donors (Lipinski definition) is 2. The van der Waals surface area contributed by atoms with Gasteiger partial charge in [0.2, 0.25) is 5.91 Å². The van der Waals surface area contributed by atoms with Gasteiger partial charge in [-0.1, -0.05) is 30.7 Å². The van der Waals surface area contributed by atoms with Gasteiger partial charge in [0, 0.05) is 6.04 Å². The number of fused-ring (bicyclic) bond motifs is 2.